The van der Waals surface area contributed by atoms with E-state index >= 15 is 0 Å². The molecule has 0 aliphatic rings. The molecular formula is C18H26N4S. The number of nitrogens with one attached hydrogen (secondary N) is 2. The van der Waals surface area contributed by atoms with Crippen LogP contribution in [0.15, 0.2) is 34.6 Å². The summed E-state index contributed by atoms with van der Waals surface area (Å²) in [5.41, 5.74) is 3.87. The smallest absolute Gasteiger partial charge is 0.191 e. The molecule has 0 fully saturated rings. The maximum Gasteiger partial charge on any atom is 0.191 e. The Bertz CT molecular complexity index is 646. The fraction of sp³-hybridized carbons (Fsp3) is 0.444. The number of rotatable bonds is 6. The number of hydrogen-bond acceptors (Lipinski definition) is 3. The minimum atomic E-state index is 0.478. The molecule has 0 amide bonds. The molecule has 23 heavy (non-hydrogen) atoms. The predicted molar refractivity (Wildman–Crippen MR) is 99.3 cm³/mol. The van der Waals surface area contributed by atoms with Crippen LogP contribution in [0.1, 0.15) is 41.6 Å². The Balaban J connectivity index is 1.78. The number of guanidine groups is 1. The van der Waals surface area contributed by atoms with E-state index in [0.717, 1.165) is 29.6 Å². The van der Waals surface area contributed by atoms with Crippen LogP contribution in [-0.4, -0.2) is 24.5 Å². The van der Waals surface area contributed by atoms with Gasteiger partial charge in [-0.25, -0.2) is 4.98 Å². The molecule has 0 saturated carbocycles. The van der Waals surface area contributed by atoms with Gasteiger partial charge in [0.1, 0.15) is 5.01 Å². The lowest BCUT2D eigenvalue weighted by molar-refractivity contribution is 0.777. The van der Waals surface area contributed by atoms with Crippen LogP contribution in [0.2, 0.25) is 0 Å². The highest BCUT2D eigenvalue weighted by Gasteiger charge is 2.06. The molecule has 2 rings (SSSR count). The monoisotopic (exact) mass is 330 g/mol. The Morgan fingerprint density at radius 3 is 2.70 bits per heavy atom. The number of nitrogens with zero attached hydrogens (tertiary/aromatic N) is 2. The topological polar surface area (TPSA) is 49.3 Å². The van der Waals surface area contributed by atoms with Crippen molar-refractivity contribution in [2.75, 3.05) is 13.6 Å². The number of hydrogen-bond donors (Lipinski definition) is 2. The molecule has 1 aromatic heterocycles. The summed E-state index contributed by atoms with van der Waals surface area (Å²) in [5.74, 6) is 1.30. The first-order valence-electron chi connectivity index (χ1n) is 8.03. The van der Waals surface area contributed by atoms with E-state index < -0.39 is 0 Å². The van der Waals surface area contributed by atoms with Crippen LogP contribution in [-0.2, 0) is 13.0 Å². The summed E-state index contributed by atoms with van der Waals surface area (Å²) >= 11 is 1.70. The molecular weight excluding hydrogens is 304 g/mol. The lowest BCUT2D eigenvalue weighted by Crippen LogP contribution is -2.37. The van der Waals surface area contributed by atoms with E-state index in [4.69, 9.17) is 0 Å². The second-order valence-electron chi connectivity index (χ2n) is 5.85. The van der Waals surface area contributed by atoms with Crippen molar-refractivity contribution >= 4 is 17.3 Å². The van der Waals surface area contributed by atoms with E-state index in [2.05, 4.69) is 71.0 Å². The van der Waals surface area contributed by atoms with Crippen LogP contribution in [0.25, 0.3) is 0 Å². The SMILES string of the molecule is CN=C(NCCc1ccccc1C)NCc1nc(C(C)C)cs1. The van der Waals surface area contributed by atoms with E-state index in [9.17, 15) is 0 Å². The van der Waals surface area contributed by atoms with Gasteiger partial charge >= 0.3 is 0 Å². The van der Waals surface area contributed by atoms with Crippen LogP contribution in [0.3, 0.4) is 0 Å². The third-order valence-corrected chi connectivity index (χ3v) is 4.61. The molecule has 0 bridgehead atoms. The van der Waals surface area contributed by atoms with Crippen molar-refractivity contribution in [2.45, 2.75) is 39.7 Å². The largest absolute Gasteiger partial charge is 0.356 e. The van der Waals surface area contributed by atoms with E-state index in [1.807, 2.05) is 0 Å². The maximum atomic E-state index is 4.63. The molecule has 0 atom stereocenters. The summed E-state index contributed by atoms with van der Waals surface area (Å²) in [6, 6.07) is 8.49. The first-order valence-corrected chi connectivity index (χ1v) is 8.91. The molecule has 124 valence electrons. The van der Waals surface area contributed by atoms with E-state index in [-0.39, 0.29) is 0 Å². The summed E-state index contributed by atoms with van der Waals surface area (Å²) in [5, 5.41) is 9.91. The molecule has 2 aromatic rings. The average molecular weight is 331 g/mol. The van der Waals surface area contributed by atoms with Crippen molar-refractivity contribution in [1.82, 2.24) is 15.6 Å². The van der Waals surface area contributed by atoms with Gasteiger partial charge in [-0.15, -0.1) is 11.3 Å². The van der Waals surface area contributed by atoms with Crippen LogP contribution >= 0.6 is 11.3 Å². The molecule has 0 radical (unpaired) electrons. The first kappa shape index (κ1) is 17.5. The molecule has 0 aliphatic heterocycles. The van der Waals surface area contributed by atoms with Crippen molar-refractivity contribution in [2.24, 2.45) is 4.99 Å². The highest BCUT2D eigenvalue weighted by molar-refractivity contribution is 7.09. The zero-order valence-corrected chi connectivity index (χ0v) is 15.2. The van der Waals surface area contributed by atoms with Gasteiger partial charge in [0.15, 0.2) is 5.96 Å². The standard InChI is InChI=1S/C18H26N4S/c1-13(2)16-12-23-17(22-16)11-21-18(19-4)20-10-9-15-8-6-5-7-14(15)3/h5-8,12-13H,9-11H2,1-4H3,(H2,19,20,21). The fourth-order valence-corrected chi connectivity index (χ4v) is 3.15. The molecule has 0 saturated heterocycles. The predicted octanol–water partition coefficient (Wildman–Crippen LogP) is 3.48. The molecule has 0 spiro atoms. The second-order valence-corrected chi connectivity index (χ2v) is 6.79. The molecule has 0 aliphatic carbocycles. The normalized spacial score (nSPS) is 11.8. The zero-order chi connectivity index (χ0) is 16.7. The minimum Gasteiger partial charge on any atom is -0.356 e. The number of aryl methyl sites for hydroxylation is 1. The summed E-state index contributed by atoms with van der Waals surface area (Å²) in [7, 11) is 1.80. The Kier molecular flexibility index (Phi) is 6.59. The third-order valence-electron chi connectivity index (χ3n) is 3.74. The number of aliphatic imine (C=N–C) groups is 1. The Morgan fingerprint density at radius 1 is 1.26 bits per heavy atom. The van der Waals surface area contributed by atoms with E-state index in [1.165, 1.54) is 11.1 Å². The van der Waals surface area contributed by atoms with Gasteiger partial charge in [-0.05, 0) is 30.4 Å². The number of thiazole rings is 1. The summed E-state index contributed by atoms with van der Waals surface area (Å²) in [6.45, 7) is 8.05. The van der Waals surface area contributed by atoms with Gasteiger partial charge in [0.25, 0.3) is 0 Å². The Morgan fingerprint density at radius 2 is 2.04 bits per heavy atom. The molecule has 4 nitrogen and oxygen atoms in total. The van der Waals surface area contributed by atoms with Gasteiger partial charge in [0.2, 0.25) is 0 Å². The van der Waals surface area contributed by atoms with Gasteiger partial charge in [0.05, 0.1) is 12.2 Å². The van der Waals surface area contributed by atoms with Crippen molar-refractivity contribution in [3.05, 3.63) is 51.5 Å². The fourth-order valence-electron chi connectivity index (χ4n) is 2.26. The zero-order valence-electron chi connectivity index (χ0n) is 14.4. The highest BCUT2D eigenvalue weighted by atomic mass is 32.1. The maximum absolute atomic E-state index is 4.63. The van der Waals surface area contributed by atoms with E-state index in [1.54, 1.807) is 18.4 Å². The van der Waals surface area contributed by atoms with Gasteiger partial charge < -0.3 is 10.6 Å². The summed E-state index contributed by atoms with van der Waals surface area (Å²) < 4.78 is 0. The Labute approximate surface area is 143 Å². The van der Waals surface area contributed by atoms with Crippen LogP contribution < -0.4 is 10.6 Å². The second kappa shape index (κ2) is 8.67. The lowest BCUT2D eigenvalue weighted by atomic mass is 10.1. The summed E-state index contributed by atoms with van der Waals surface area (Å²) in [6.07, 6.45) is 0.988. The Hall–Kier alpha value is -1.88. The van der Waals surface area contributed by atoms with Crippen LogP contribution in [0, 0.1) is 6.92 Å². The number of aromatic nitrogens is 1. The van der Waals surface area contributed by atoms with Gasteiger partial charge in [0, 0.05) is 19.0 Å². The highest BCUT2D eigenvalue weighted by Crippen LogP contribution is 2.17. The average Bonchev–Trinajstić information content (AvgIpc) is 3.01. The molecule has 1 heterocycles. The first-order chi connectivity index (χ1) is 11.1. The summed E-state index contributed by atoms with van der Waals surface area (Å²) in [4.78, 5) is 8.90. The quantitative estimate of drug-likeness (QED) is 0.630. The van der Waals surface area contributed by atoms with Gasteiger partial charge in [-0.1, -0.05) is 38.1 Å². The van der Waals surface area contributed by atoms with Crippen molar-refractivity contribution in [3.8, 4) is 0 Å². The van der Waals surface area contributed by atoms with Gasteiger partial charge in [-0.2, -0.15) is 0 Å². The van der Waals surface area contributed by atoms with Gasteiger partial charge in [-0.3, -0.25) is 4.99 Å². The van der Waals surface area contributed by atoms with Crippen molar-refractivity contribution in [1.29, 1.82) is 0 Å². The van der Waals surface area contributed by atoms with E-state index in [0.29, 0.717) is 12.5 Å². The van der Waals surface area contributed by atoms with Crippen LogP contribution in [0.4, 0.5) is 0 Å². The number of benzene rings is 1. The molecule has 0 unspecified atom stereocenters. The molecule has 5 heteroatoms. The molecule has 1 aromatic carbocycles. The van der Waals surface area contributed by atoms with Crippen LogP contribution in [0.5, 0.6) is 0 Å². The lowest BCUT2D eigenvalue weighted by Gasteiger charge is -2.11. The minimum absolute atomic E-state index is 0.478. The third kappa shape index (κ3) is 5.36. The van der Waals surface area contributed by atoms with Crippen molar-refractivity contribution in [3.63, 3.8) is 0 Å². The van der Waals surface area contributed by atoms with Crippen molar-refractivity contribution < 1.29 is 0 Å². The molecule has 2 N–H and O–H groups in total.